The van der Waals surface area contributed by atoms with Crippen LogP contribution in [0.5, 0.6) is 0 Å². The second kappa shape index (κ2) is 8.59. The molecule has 1 aromatic heterocycles. The Hall–Kier alpha value is -1.99. The average molecular weight is 320 g/mol. The maximum absolute atomic E-state index is 12.1. The summed E-state index contributed by atoms with van der Waals surface area (Å²) in [5, 5.41) is 5.63. The van der Waals surface area contributed by atoms with Crippen LogP contribution >= 0.6 is 0 Å². The first kappa shape index (κ1) is 17.4. The first-order valence-corrected chi connectivity index (χ1v) is 7.91. The maximum atomic E-state index is 12.1. The van der Waals surface area contributed by atoms with Crippen molar-refractivity contribution < 1.29 is 14.3 Å². The molecule has 2 amide bonds. The van der Waals surface area contributed by atoms with Crippen LogP contribution in [-0.4, -0.2) is 67.1 Å². The van der Waals surface area contributed by atoms with E-state index in [4.69, 9.17) is 4.74 Å². The van der Waals surface area contributed by atoms with E-state index in [1.165, 1.54) is 12.3 Å². The molecule has 1 aliphatic heterocycles. The van der Waals surface area contributed by atoms with Crippen LogP contribution in [0.1, 0.15) is 34.7 Å². The largest absolute Gasteiger partial charge is 0.379 e. The molecule has 1 aromatic rings. The maximum Gasteiger partial charge on any atom is 0.269 e. The van der Waals surface area contributed by atoms with Gasteiger partial charge in [-0.1, -0.05) is 0 Å². The number of hydrogen-bond acceptors (Lipinski definition) is 5. The summed E-state index contributed by atoms with van der Waals surface area (Å²) in [6, 6.07) is 3.16. The van der Waals surface area contributed by atoms with Crippen molar-refractivity contribution in [2.24, 2.45) is 0 Å². The number of nitrogens with zero attached hydrogens (tertiary/aromatic N) is 2. The predicted molar refractivity (Wildman–Crippen MR) is 86.4 cm³/mol. The molecule has 0 spiro atoms. The van der Waals surface area contributed by atoms with Crippen molar-refractivity contribution in [2.45, 2.75) is 19.9 Å². The lowest BCUT2D eigenvalue weighted by atomic mass is 10.2. The molecule has 0 aromatic carbocycles. The third kappa shape index (κ3) is 5.61. The van der Waals surface area contributed by atoms with Gasteiger partial charge >= 0.3 is 0 Å². The van der Waals surface area contributed by atoms with E-state index in [2.05, 4.69) is 20.5 Å². The van der Waals surface area contributed by atoms with Crippen molar-refractivity contribution in [2.75, 3.05) is 39.4 Å². The zero-order chi connectivity index (χ0) is 16.7. The van der Waals surface area contributed by atoms with Crippen LogP contribution in [0, 0.1) is 0 Å². The highest BCUT2D eigenvalue weighted by Gasteiger charge is 2.13. The SMILES string of the molecule is CC(C)NC(=O)c1ccnc(C(=O)NCCN2CCOCC2)c1. The zero-order valence-electron chi connectivity index (χ0n) is 13.7. The van der Waals surface area contributed by atoms with Gasteiger partial charge < -0.3 is 15.4 Å². The molecule has 23 heavy (non-hydrogen) atoms. The predicted octanol–water partition coefficient (Wildman–Crippen LogP) is 0.282. The first-order chi connectivity index (χ1) is 11.1. The zero-order valence-corrected chi connectivity index (χ0v) is 13.7. The van der Waals surface area contributed by atoms with Gasteiger partial charge in [-0.25, -0.2) is 0 Å². The second-order valence-corrected chi connectivity index (χ2v) is 5.77. The highest BCUT2D eigenvalue weighted by atomic mass is 16.5. The highest BCUT2D eigenvalue weighted by molar-refractivity contribution is 5.98. The van der Waals surface area contributed by atoms with E-state index in [9.17, 15) is 9.59 Å². The number of carbonyl (C=O) groups is 2. The normalized spacial score (nSPS) is 15.4. The van der Waals surface area contributed by atoms with Crippen LogP contribution in [0.4, 0.5) is 0 Å². The summed E-state index contributed by atoms with van der Waals surface area (Å²) in [6.07, 6.45) is 1.48. The van der Waals surface area contributed by atoms with Gasteiger partial charge in [-0.2, -0.15) is 0 Å². The van der Waals surface area contributed by atoms with Gasteiger partial charge in [0.15, 0.2) is 0 Å². The van der Waals surface area contributed by atoms with Crippen molar-refractivity contribution in [1.82, 2.24) is 20.5 Å². The molecule has 0 bridgehead atoms. The Labute approximate surface area is 136 Å². The summed E-state index contributed by atoms with van der Waals surface area (Å²) in [4.78, 5) is 30.4. The molecule has 0 saturated carbocycles. The molecule has 126 valence electrons. The number of pyridine rings is 1. The minimum atomic E-state index is -0.266. The Balaban J connectivity index is 1.85. The van der Waals surface area contributed by atoms with Crippen LogP contribution < -0.4 is 10.6 Å². The van der Waals surface area contributed by atoms with Crippen LogP contribution in [0.2, 0.25) is 0 Å². The molecule has 1 aliphatic rings. The summed E-state index contributed by atoms with van der Waals surface area (Å²) >= 11 is 0. The molecule has 2 heterocycles. The van der Waals surface area contributed by atoms with Gasteiger partial charge in [0.2, 0.25) is 0 Å². The summed E-state index contributed by atoms with van der Waals surface area (Å²) in [7, 11) is 0. The van der Waals surface area contributed by atoms with E-state index in [1.807, 2.05) is 13.8 Å². The van der Waals surface area contributed by atoms with E-state index < -0.39 is 0 Å². The Bertz CT molecular complexity index is 542. The molecule has 2 N–H and O–H groups in total. The Kier molecular flexibility index (Phi) is 6.49. The van der Waals surface area contributed by atoms with Gasteiger partial charge in [0.05, 0.1) is 13.2 Å². The number of nitrogens with one attached hydrogen (secondary N) is 2. The van der Waals surface area contributed by atoms with E-state index in [-0.39, 0.29) is 23.6 Å². The lowest BCUT2D eigenvalue weighted by molar-refractivity contribution is 0.0383. The monoisotopic (exact) mass is 320 g/mol. The second-order valence-electron chi connectivity index (χ2n) is 5.77. The number of rotatable bonds is 6. The van der Waals surface area contributed by atoms with Gasteiger partial charge in [0.1, 0.15) is 5.69 Å². The number of ether oxygens (including phenoxy) is 1. The number of morpholine rings is 1. The summed E-state index contributed by atoms with van der Waals surface area (Å²) in [6.45, 7) is 8.35. The summed E-state index contributed by atoms with van der Waals surface area (Å²) < 4.78 is 5.28. The van der Waals surface area contributed by atoms with Gasteiger partial charge in [-0.3, -0.25) is 19.5 Å². The number of aromatic nitrogens is 1. The average Bonchev–Trinajstić information content (AvgIpc) is 2.55. The van der Waals surface area contributed by atoms with Gasteiger partial charge in [0, 0.05) is 44.0 Å². The van der Waals surface area contributed by atoms with E-state index in [1.54, 1.807) is 6.07 Å². The lowest BCUT2D eigenvalue weighted by Gasteiger charge is -2.26. The van der Waals surface area contributed by atoms with Gasteiger partial charge in [0.25, 0.3) is 11.8 Å². The number of hydrogen-bond donors (Lipinski definition) is 2. The standard InChI is InChI=1S/C16H24N4O3/c1-12(2)19-15(21)13-3-4-17-14(11-13)16(22)18-5-6-20-7-9-23-10-8-20/h3-4,11-12H,5-10H2,1-2H3,(H,18,22)(H,19,21). The van der Waals surface area contributed by atoms with Gasteiger partial charge in [-0.05, 0) is 26.0 Å². The molecule has 0 aliphatic carbocycles. The summed E-state index contributed by atoms with van der Waals surface area (Å²) in [5.41, 5.74) is 0.690. The summed E-state index contributed by atoms with van der Waals surface area (Å²) in [5.74, 6) is -0.470. The fourth-order valence-electron chi connectivity index (χ4n) is 2.28. The Morgan fingerprint density at radius 1 is 1.30 bits per heavy atom. The van der Waals surface area contributed by atoms with Crippen molar-refractivity contribution in [3.63, 3.8) is 0 Å². The Morgan fingerprint density at radius 2 is 2.04 bits per heavy atom. The topological polar surface area (TPSA) is 83.6 Å². The molecular formula is C16H24N4O3. The molecular weight excluding hydrogens is 296 g/mol. The van der Waals surface area contributed by atoms with E-state index >= 15 is 0 Å². The smallest absolute Gasteiger partial charge is 0.269 e. The molecule has 1 saturated heterocycles. The number of carbonyl (C=O) groups excluding carboxylic acids is 2. The molecule has 7 nitrogen and oxygen atoms in total. The first-order valence-electron chi connectivity index (χ1n) is 7.91. The minimum absolute atomic E-state index is 0.0430. The number of amides is 2. The van der Waals surface area contributed by atoms with Crippen molar-refractivity contribution in [1.29, 1.82) is 0 Å². The lowest BCUT2D eigenvalue weighted by Crippen LogP contribution is -2.41. The minimum Gasteiger partial charge on any atom is -0.379 e. The van der Waals surface area contributed by atoms with Crippen LogP contribution in [0.15, 0.2) is 18.3 Å². The fourth-order valence-corrected chi connectivity index (χ4v) is 2.28. The van der Waals surface area contributed by atoms with Crippen LogP contribution in [0.25, 0.3) is 0 Å². The molecule has 1 fully saturated rings. The highest BCUT2D eigenvalue weighted by Crippen LogP contribution is 2.03. The molecule has 0 unspecified atom stereocenters. The fraction of sp³-hybridized carbons (Fsp3) is 0.562. The molecule has 2 rings (SSSR count). The van der Waals surface area contributed by atoms with E-state index in [0.29, 0.717) is 12.1 Å². The Morgan fingerprint density at radius 3 is 2.74 bits per heavy atom. The van der Waals surface area contributed by atoms with Crippen LogP contribution in [0.3, 0.4) is 0 Å². The van der Waals surface area contributed by atoms with E-state index in [0.717, 1.165) is 32.8 Å². The van der Waals surface area contributed by atoms with Crippen molar-refractivity contribution >= 4 is 11.8 Å². The molecule has 0 radical (unpaired) electrons. The van der Waals surface area contributed by atoms with Crippen molar-refractivity contribution in [3.8, 4) is 0 Å². The quantitative estimate of drug-likeness (QED) is 0.787. The van der Waals surface area contributed by atoms with Crippen LogP contribution in [-0.2, 0) is 4.74 Å². The van der Waals surface area contributed by atoms with Gasteiger partial charge in [-0.15, -0.1) is 0 Å². The third-order valence-electron chi connectivity index (χ3n) is 3.49. The third-order valence-corrected chi connectivity index (χ3v) is 3.49. The molecule has 0 atom stereocenters. The molecule has 7 heteroatoms. The van der Waals surface area contributed by atoms with Crippen molar-refractivity contribution in [3.05, 3.63) is 29.6 Å².